The number of rotatable bonds is 3. The number of hydrogen-bond acceptors (Lipinski definition) is 1. The molecule has 0 heterocycles. The van der Waals surface area contributed by atoms with Crippen LogP contribution in [0.3, 0.4) is 0 Å². The van der Waals surface area contributed by atoms with E-state index >= 15 is 0 Å². The summed E-state index contributed by atoms with van der Waals surface area (Å²) in [5.74, 6) is 0.106. The normalized spacial score (nSPS) is 9.09. The molecule has 0 bridgehead atoms. The largest absolute Gasteiger partial charge is 0.294 e. The summed E-state index contributed by atoms with van der Waals surface area (Å²) in [5.41, 5.74) is 0.726. The van der Waals surface area contributed by atoms with Gasteiger partial charge in [0.05, 0.1) is 0 Å². The Hall–Kier alpha value is -1.37. The molecular weight excluding hydrogens is 136 g/mol. The molecule has 0 aliphatic carbocycles. The molecule has 0 saturated heterocycles. The van der Waals surface area contributed by atoms with E-state index in [0.29, 0.717) is 6.42 Å². The van der Waals surface area contributed by atoms with Gasteiger partial charge in [-0.25, -0.2) is 0 Å². The van der Waals surface area contributed by atoms with Crippen LogP contribution in [-0.2, 0) is 0 Å². The van der Waals surface area contributed by atoms with Crippen molar-refractivity contribution in [3.63, 3.8) is 0 Å². The lowest BCUT2D eigenvalue weighted by atomic mass is 10.1. The van der Waals surface area contributed by atoms with Gasteiger partial charge in [0.1, 0.15) is 0 Å². The Bertz CT molecular complexity index is 249. The Morgan fingerprint density at radius 2 is 2.18 bits per heavy atom. The molecule has 1 nitrogen and oxygen atoms in total. The van der Waals surface area contributed by atoms with Crippen LogP contribution in [0.15, 0.2) is 36.9 Å². The van der Waals surface area contributed by atoms with Crippen LogP contribution < -0.4 is 0 Å². The van der Waals surface area contributed by atoms with E-state index in [4.69, 9.17) is 0 Å². The number of Topliss-reactive ketones (excluding diaryl/α,β-unsaturated/α-hetero) is 1. The standard InChI is InChI=1S/C10H9O/c1-2-6-10(11)9-7-4-3-5-8-9/h2,4-5,7-8H,1,6H2. The number of ketones is 1. The van der Waals surface area contributed by atoms with Crippen molar-refractivity contribution in [2.45, 2.75) is 6.42 Å². The Kier molecular flexibility index (Phi) is 2.61. The van der Waals surface area contributed by atoms with Crippen molar-refractivity contribution in [3.8, 4) is 0 Å². The van der Waals surface area contributed by atoms with Gasteiger partial charge in [-0.15, -0.1) is 6.58 Å². The van der Waals surface area contributed by atoms with Crippen LogP contribution in [0.4, 0.5) is 0 Å². The molecule has 0 aromatic heterocycles. The van der Waals surface area contributed by atoms with Crippen molar-refractivity contribution < 1.29 is 4.79 Å². The first-order valence-corrected chi connectivity index (χ1v) is 3.45. The predicted molar refractivity (Wildman–Crippen MR) is 44.4 cm³/mol. The highest BCUT2D eigenvalue weighted by Crippen LogP contribution is 2.01. The smallest absolute Gasteiger partial charge is 0.166 e. The highest BCUT2D eigenvalue weighted by atomic mass is 16.1. The topological polar surface area (TPSA) is 17.1 Å². The summed E-state index contributed by atoms with van der Waals surface area (Å²) in [7, 11) is 0. The van der Waals surface area contributed by atoms with E-state index in [2.05, 4.69) is 12.6 Å². The predicted octanol–water partition coefficient (Wildman–Crippen LogP) is 2.25. The summed E-state index contributed by atoms with van der Waals surface area (Å²) < 4.78 is 0. The zero-order valence-corrected chi connectivity index (χ0v) is 6.21. The Labute approximate surface area is 66.4 Å². The maximum atomic E-state index is 11.2. The minimum atomic E-state index is 0.106. The van der Waals surface area contributed by atoms with Crippen LogP contribution in [-0.4, -0.2) is 5.78 Å². The molecule has 0 aliphatic rings. The third-order valence-corrected chi connectivity index (χ3v) is 1.37. The molecule has 0 spiro atoms. The highest BCUT2D eigenvalue weighted by molar-refractivity contribution is 5.96. The average molecular weight is 145 g/mol. The van der Waals surface area contributed by atoms with Crippen molar-refractivity contribution in [3.05, 3.63) is 48.6 Å². The van der Waals surface area contributed by atoms with Crippen molar-refractivity contribution in [1.82, 2.24) is 0 Å². The van der Waals surface area contributed by atoms with Gasteiger partial charge in [0.25, 0.3) is 0 Å². The van der Waals surface area contributed by atoms with Crippen LogP contribution in [0.1, 0.15) is 16.8 Å². The Balaban J connectivity index is 2.77. The maximum Gasteiger partial charge on any atom is 0.166 e. The number of carbonyl (C=O) groups excluding carboxylic acids is 1. The van der Waals surface area contributed by atoms with E-state index < -0.39 is 0 Å². The first-order chi connectivity index (χ1) is 5.34. The van der Waals surface area contributed by atoms with E-state index in [9.17, 15) is 4.79 Å². The van der Waals surface area contributed by atoms with Crippen LogP contribution in [0.2, 0.25) is 0 Å². The van der Waals surface area contributed by atoms with Crippen LogP contribution >= 0.6 is 0 Å². The molecule has 0 fully saturated rings. The van der Waals surface area contributed by atoms with E-state index in [-0.39, 0.29) is 5.78 Å². The van der Waals surface area contributed by atoms with Crippen LogP contribution in [0.5, 0.6) is 0 Å². The van der Waals surface area contributed by atoms with Gasteiger partial charge >= 0.3 is 0 Å². The summed E-state index contributed by atoms with van der Waals surface area (Å²) in [6.45, 7) is 3.50. The quantitative estimate of drug-likeness (QED) is 0.471. The zero-order valence-electron chi connectivity index (χ0n) is 6.21. The summed E-state index contributed by atoms with van der Waals surface area (Å²) in [6.07, 6.45) is 2.02. The summed E-state index contributed by atoms with van der Waals surface area (Å²) in [6, 6.07) is 9.83. The lowest BCUT2D eigenvalue weighted by Gasteiger charge is -1.94. The number of allylic oxidation sites excluding steroid dienone is 1. The summed E-state index contributed by atoms with van der Waals surface area (Å²) in [5, 5.41) is 0. The molecule has 1 aromatic rings. The third kappa shape index (κ3) is 2.04. The molecule has 0 atom stereocenters. The minimum Gasteiger partial charge on any atom is -0.294 e. The lowest BCUT2D eigenvalue weighted by Crippen LogP contribution is -1.95. The van der Waals surface area contributed by atoms with Gasteiger partial charge in [-0.05, 0) is 6.07 Å². The molecule has 1 heteroatoms. The number of carbonyl (C=O) groups is 1. The number of benzene rings is 1. The monoisotopic (exact) mass is 145 g/mol. The zero-order chi connectivity index (χ0) is 8.10. The third-order valence-electron chi connectivity index (χ3n) is 1.37. The van der Waals surface area contributed by atoms with Gasteiger partial charge in [-0.2, -0.15) is 0 Å². The second-order valence-electron chi connectivity index (χ2n) is 2.20. The fourth-order valence-corrected chi connectivity index (χ4v) is 0.822. The van der Waals surface area contributed by atoms with Crippen molar-refractivity contribution in [2.75, 3.05) is 0 Å². The SMILES string of the molecule is C=CCC(=O)c1cc[c]cc1. The van der Waals surface area contributed by atoms with Gasteiger partial charge in [0.15, 0.2) is 5.78 Å². The maximum absolute atomic E-state index is 11.2. The van der Waals surface area contributed by atoms with Gasteiger partial charge in [-0.1, -0.05) is 30.3 Å². The van der Waals surface area contributed by atoms with E-state index in [0.717, 1.165) is 5.56 Å². The first-order valence-electron chi connectivity index (χ1n) is 3.45. The van der Waals surface area contributed by atoms with Crippen molar-refractivity contribution in [2.24, 2.45) is 0 Å². The van der Waals surface area contributed by atoms with Gasteiger partial charge in [0, 0.05) is 12.0 Å². The summed E-state index contributed by atoms with van der Waals surface area (Å²) >= 11 is 0. The average Bonchev–Trinajstić information content (AvgIpc) is 2.07. The molecule has 1 radical (unpaired) electrons. The van der Waals surface area contributed by atoms with Crippen molar-refractivity contribution in [1.29, 1.82) is 0 Å². The molecule has 1 aromatic carbocycles. The number of hydrogen-bond donors (Lipinski definition) is 0. The van der Waals surface area contributed by atoms with Gasteiger partial charge < -0.3 is 0 Å². The molecular formula is C10H9O. The molecule has 11 heavy (non-hydrogen) atoms. The second-order valence-corrected chi connectivity index (χ2v) is 2.20. The molecule has 1 rings (SSSR count). The molecule has 0 amide bonds. The van der Waals surface area contributed by atoms with E-state index in [1.54, 1.807) is 30.3 Å². The highest BCUT2D eigenvalue weighted by Gasteiger charge is 1.99. The second kappa shape index (κ2) is 3.71. The fourth-order valence-electron chi connectivity index (χ4n) is 0.822. The molecule has 0 aliphatic heterocycles. The van der Waals surface area contributed by atoms with Crippen LogP contribution in [0, 0.1) is 6.07 Å². The van der Waals surface area contributed by atoms with E-state index in [1.165, 1.54) is 0 Å². The molecule has 0 unspecified atom stereocenters. The minimum absolute atomic E-state index is 0.106. The van der Waals surface area contributed by atoms with E-state index in [1.807, 2.05) is 0 Å². The van der Waals surface area contributed by atoms with Crippen LogP contribution in [0.25, 0.3) is 0 Å². The van der Waals surface area contributed by atoms with Crippen molar-refractivity contribution >= 4 is 5.78 Å². The first kappa shape index (κ1) is 7.73. The Morgan fingerprint density at radius 1 is 1.55 bits per heavy atom. The molecule has 0 saturated carbocycles. The molecule has 0 N–H and O–H groups in total. The Morgan fingerprint density at radius 3 is 2.73 bits per heavy atom. The fraction of sp³-hybridized carbons (Fsp3) is 0.100. The molecule has 55 valence electrons. The lowest BCUT2D eigenvalue weighted by molar-refractivity contribution is 0.0996. The summed E-state index contributed by atoms with van der Waals surface area (Å²) in [4.78, 5) is 11.2. The van der Waals surface area contributed by atoms with Gasteiger partial charge in [0.2, 0.25) is 0 Å². The van der Waals surface area contributed by atoms with Gasteiger partial charge in [-0.3, -0.25) is 4.79 Å².